The lowest BCUT2D eigenvalue weighted by Crippen LogP contribution is -2.26. The third-order valence-corrected chi connectivity index (χ3v) is 6.72. The zero-order valence-corrected chi connectivity index (χ0v) is 15.0. The molecule has 110 valence electrons. The highest BCUT2D eigenvalue weighted by molar-refractivity contribution is 8.03. The minimum atomic E-state index is 0.554. The highest BCUT2D eigenvalue weighted by Crippen LogP contribution is 2.29. The fraction of sp³-hybridized carbons (Fsp3) is 0.833. The number of rotatable bonds is 8. The number of nitrogens with zero attached hydrogens (tertiary/aromatic N) is 4. The van der Waals surface area contributed by atoms with Gasteiger partial charge in [-0.15, -0.1) is 10.2 Å². The van der Waals surface area contributed by atoms with Crippen LogP contribution in [0.1, 0.15) is 13.8 Å². The zero-order chi connectivity index (χ0) is 14.4. The van der Waals surface area contributed by atoms with Crippen LogP contribution >= 0.6 is 34.9 Å². The predicted octanol–water partition coefficient (Wildman–Crippen LogP) is 2.62. The topological polar surface area (TPSA) is 32.3 Å². The summed E-state index contributed by atoms with van der Waals surface area (Å²) in [5, 5.41) is 8.50. The minimum absolute atomic E-state index is 0.554. The SMILES string of the molecule is CC(CSc1nnc(SCC(C)N(C)C)s1)N(C)C. The molecule has 0 aliphatic heterocycles. The van der Waals surface area contributed by atoms with Crippen LogP contribution in [0.2, 0.25) is 0 Å². The van der Waals surface area contributed by atoms with Crippen molar-refractivity contribution in [1.82, 2.24) is 20.0 Å². The first-order chi connectivity index (χ1) is 8.90. The number of thioether (sulfide) groups is 2. The standard InChI is InChI=1S/C12H24N4S3/c1-9(15(3)4)7-17-11-13-14-12(19-11)18-8-10(2)16(5)6/h9-10H,7-8H2,1-6H3. The number of aromatic nitrogens is 2. The van der Waals surface area contributed by atoms with Gasteiger partial charge in [-0.25, -0.2) is 0 Å². The average molecular weight is 321 g/mol. The van der Waals surface area contributed by atoms with Gasteiger partial charge in [-0.3, -0.25) is 0 Å². The van der Waals surface area contributed by atoms with Crippen molar-refractivity contribution in [2.75, 3.05) is 39.7 Å². The van der Waals surface area contributed by atoms with Crippen molar-refractivity contribution < 1.29 is 0 Å². The van der Waals surface area contributed by atoms with Crippen LogP contribution < -0.4 is 0 Å². The van der Waals surface area contributed by atoms with E-state index in [1.165, 1.54) is 0 Å². The molecule has 0 aliphatic rings. The highest BCUT2D eigenvalue weighted by atomic mass is 32.2. The van der Waals surface area contributed by atoms with Crippen LogP contribution in [-0.4, -0.2) is 71.8 Å². The second-order valence-corrected chi connectivity index (χ2v) is 8.59. The smallest absolute Gasteiger partial charge is 0.175 e. The lowest BCUT2D eigenvalue weighted by Gasteiger charge is -2.18. The maximum absolute atomic E-state index is 4.25. The van der Waals surface area contributed by atoms with E-state index in [-0.39, 0.29) is 0 Å². The number of hydrogen-bond acceptors (Lipinski definition) is 7. The molecule has 0 radical (unpaired) electrons. The maximum Gasteiger partial charge on any atom is 0.175 e. The molecule has 0 bridgehead atoms. The van der Waals surface area contributed by atoms with Crippen molar-refractivity contribution in [3.05, 3.63) is 0 Å². The summed E-state index contributed by atoms with van der Waals surface area (Å²) in [6.07, 6.45) is 0. The van der Waals surface area contributed by atoms with Crippen LogP contribution in [0.15, 0.2) is 8.68 Å². The Morgan fingerprint density at radius 2 is 1.26 bits per heavy atom. The molecule has 0 saturated heterocycles. The molecule has 2 atom stereocenters. The van der Waals surface area contributed by atoms with Crippen molar-refractivity contribution >= 4 is 34.9 Å². The molecule has 7 heteroatoms. The minimum Gasteiger partial charge on any atom is -0.306 e. The van der Waals surface area contributed by atoms with Gasteiger partial charge in [0.15, 0.2) is 8.68 Å². The first kappa shape index (κ1) is 17.2. The van der Waals surface area contributed by atoms with Gasteiger partial charge in [0.25, 0.3) is 0 Å². The second-order valence-electron chi connectivity index (χ2n) is 5.08. The van der Waals surface area contributed by atoms with Crippen LogP contribution in [0.3, 0.4) is 0 Å². The van der Waals surface area contributed by atoms with Gasteiger partial charge in [-0.05, 0) is 42.0 Å². The molecule has 1 aromatic heterocycles. The molecule has 0 amide bonds. The maximum atomic E-state index is 4.25. The fourth-order valence-corrected chi connectivity index (χ4v) is 4.38. The van der Waals surface area contributed by atoms with Crippen molar-refractivity contribution in [3.8, 4) is 0 Å². The van der Waals surface area contributed by atoms with Gasteiger partial charge in [0, 0.05) is 23.6 Å². The average Bonchev–Trinajstić information content (AvgIpc) is 2.80. The Balaban J connectivity index is 2.36. The Hall–Kier alpha value is 0.180. The molecule has 0 fully saturated rings. The summed E-state index contributed by atoms with van der Waals surface area (Å²) in [6, 6.07) is 1.11. The summed E-state index contributed by atoms with van der Waals surface area (Å²) >= 11 is 5.30. The van der Waals surface area contributed by atoms with Crippen molar-refractivity contribution in [3.63, 3.8) is 0 Å². The molecule has 0 N–H and O–H groups in total. The van der Waals surface area contributed by atoms with Crippen molar-refractivity contribution in [2.45, 2.75) is 34.6 Å². The van der Waals surface area contributed by atoms with Crippen LogP contribution in [0, 0.1) is 0 Å². The first-order valence-electron chi connectivity index (χ1n) is 6.32. The molecule has 1 rings (SSSR count). The van der Waals surface area contributed by atoms with Gasteiger partial charge >= 0.3 is 0 Å². The van der Waals surface area contributed by atoms with Crippen LogP contribution in [-0.2, 0) is 0 Å². The molecule has 1 aromatic rings. The van der Waals surface area contributed by atoms with Crippen molar-refractivity contribution in [1.29, 1.82) is 0 Å². The van der Waals surface area contributed by atoms with Gasteiger partial charge in [0.05, 0.1) is 0 Å². The van der Waals surface area contributed by atoms with Gasteiger partial charge < -0.3 is 9.80 Å². The number of hydrogen-bond donors (Lipinski definition) is 0. The van der Waals surface area contributed by atoms with Crippen LogP contribution in [0.5, 0.6) is 0 Å². The van der Waals surface area contributed by atoms with E-state index < -0.39 is 0 Å². The quantitative estimate of drug-likeness (QED) is 0.685. The Kier molecular flexibility index (Phi) is 7.68. The van der Waals surface area contributed by atoms with Crippen molar-refractivity contribution in [2.24, 2.45) is 0 Å². The molecule has 1 heterocycles. The molecule has 2 unspecified atom stereocenters. The van der Waals surface area contributed by atoms with E-state index in [0.717, 1.165) is 20.2 Å². The summed E-state index contributed by atoms with van der Waals surface area (Å²) in [5.41, 5.74) is 0. The molecule has 4 nitrogen and oxygen atoms in total. The Morgan fingerprint density at radius 3 is 1.58 bits per heavy atom. The molecular formula is C12H24N4S3. The Bertz CT molecular complexity index is 335. The summed E-state index contributed by atoms with van der Waals surface area (Å²) in [6.45, 7) is 4.45. The largest absolute Gasteiger partial charge is 0.306 e. The molecule has 0 saturated carbocycles. The van der Waals surface area contributed by atoms with E-state index in [9.17, 15) is 0 Å². The van der Waals surface area contributed by atoms with E-state index in [0.29, 0.717) is 12.1 Å². The third-order valence-electron chi connectivity index (χ3n) is 3.05. The summed E-state index contributed by atoms with van der Waals surface area (Å²) in [7, 11) is 8.43. The van der Waals surface area contributed by atoms with Crippen LogP contribution in [0.25, 0.3) is 0 Å². The van der Waals surface area contributed by atoms with Gasteiger partial charge in [-0.1, -0.05) is 34.9 Å². The second kappa shape index (κ2) is 8.46. The summed E-state index contributed by atoms with van der Waals surface area (Å²) in [4.78, 5) is 4.45. The van der Waals surface area contributed by atoms with E-state index in [1.54, 1.807) is 34.9 Å². The lowest BCUT2D eigenvalue weighted by atomic mass is 10.4. The van der Waals surface area contributed by atoms with E-state index in [2.05, 4.69) is 62.0 Å². The zero-order valence-electron chi connectivity index (χ0n) is 12.6. The first-order valence-corrected chi connectivity index (χ1v) is 9.11. The molecule has 19 heavy (non-hydrogen) atoms. The summed E-state index contributed by atoms with van der Waals surface area (Å²) < 4.78 is 2.16. The Morgan fingerprint density at radius 1 is 0.895 bits per heavy atom. The van der Waals surface area contributed by atoms with E-state index in [4.69, 9.17) is 0 Å². The van der Waals surface area contributed by atoms with Gasteiger partial charge in [0.1, 0.15) is 0 Å². The monoisotopic (exact) mass is 320 g/mol. The van der Waals surface area contributed by atoms with Gasteiger partial charge in [-0.2, -0.15) is 0 Å². The third kappa shape index (κ3) is 6.44. The van der Waals surface area contributed by atoms with E-state index >= 15 is 0 Å². The van der Waals surface area contributed by atoms with E-state index in [1.807, 2.05) is 0 Å². The fourth-order valence-electron chi connectivity index (χ4n) is 0.996. The molecular weight excluding hydrogens is 296 g/mol. The highest BCUT2D eigenvalue weighted by Gasteiger charge is 2.11. The van der Waals surface area contributed by atoms with Crippen LogP contribution in [0.4, 0.5) is 0 Å². The molecule has 0 aromatic carbocycles. The van der Waals surface area contributed by atoms with Gasteiger partial charge in [0.2, 0.25) is 0 Å². The normalized spacial score (nSPS) is 15.2. The lowest BCUT2D eigenvalue weighted by molar-refractivity contribution is 0.340. The molecule has 0 spiro atoms. The predicted molar refractivity (Wildman–Crippen MR) is 87.7 cm³/mol. The Labute approximate surface area is 129 Å². The summed E-state index contributed by atoms with van der Waals surface area (Å²) in [5.74, 6) is 2.11. The molecule has 0 aliphatic carbocycles.